The van der Waals surface area contributed by atoms with Gasteiger partial charge in [-0.1, -0.05) is 18.5 Å². The van der Waals surface area contributed by atoms with E-state index in [4.69, 9.17) is 11.6 Å². The van der Waals surface area contributed by atoms with Crippen LogP contribution in [0.15, 0.2) is 36.8 Å². The number of H-pyrrole nitrogens is 1. The molecule has 2 saturated heterocycles. The van der Waals surface area contributed by atoms with Crippen LogP contribution in [0.1, 0.15) is 50.5 Å². The average molecular weight is 479 g/mol. The minimum absolute atomic E-state index is 0.176. The van der Waals surface area contributed by atoms with E-state index in [9.17, 15) is 4.79 Å². The van der Waals surface area contributed by atoms with Crippen molar-refractivity contribution < 1.29 is 4.79 Å². The van der Waals surface area contributed by atoms with Crippen LogP contribution in [-0.2, 0) is 4.79 Å². The van der Waals surface area contributed by atoms with Crippen LogP contribution in [0.3, 0.4) is 0 Å². The Morgan fingerprint density at radius 3 is 2.88 bits per heavy atom. The fraction of sp³-hybridized carbons (Fsp3) is 0.500. The van der Waals surface area contributed by atoms with Gasteiger partial charge in [0.05, 0.1) is 11.4 Å². The minimum atomic E-state index is -0.257. The first-order valence-corrected chi connectivity index (χ1v) is 12.9. The second-order valence-electron chi connectivity index (χ2n) is 9.97. The molecule has 7 nitrogen and oxygen atoms in total. The van der Waals surface area contributed by atoms with Crippen molar-refractivity contribution in [2.24, 2.45) is 5.92 Å². The number of likely N-dealkylation sites (tertiary alicyclic amines) is 1. The van der Waals surface area contributed by atoms with E-state index in [1.54, 1.807) is 6.33 Å². The maximum absolute atomic E-state index is 13.6. The molecule has 1 amide bonds. The molecule has 8 heteroatoms. The van der Waals surface area contributed by atoms with Crippen LogP contribution in [0, 0.1) is 5.92 Å². The largest absolute Gasteiger partial charge is 0.374 e. The summed E-state index contributed by atoms with van der Waals surface area (Å²) in [6, 6.07) is 8.24. The van der Waals surface area contributed by atoms with Crippen molar-refractivity contribution in [2.75, 3.05) is 29.9 Å². The number of carbonyl (C=O) groups is 1. The number of piperidine rings is 1. The van der Waals surface area contributed by atoms with Gasteiger partial charge in [-0.25, -0.2) is 9.97 Å². The lowest BCUT2D eigenvalue weighted by Gasteiger charge is -2.40. The molecule has 2 aliphatic heterocycles. The third kappa shape index (κ3) is 4.00. The van der Waals surface area contributed by atoms with Gasteiger partial charge in [-0.3, -0.25) is 4.79 Å². The zero-order chi connectivity index (χ0) is 23.2. The quantitative estimate of drug-likeness (QED) is 0.531. The minimum Gasteiger partial charge on any atom is -0.374 e. The zero-order valence-electron chi connectivity index (χ0n) is 19.5. The highest BCUT2D eigenvalue weighted by Crippen LogP contribution is 2.42. The summed E-state index contributed by atoms with van der Waals surface area (Å²) in [4.78, 5) is 30.3. The number of nitrogens with one attached hydrogen (secondary N) is 2. The molecule has 3 atom stereocenters. The second-order valence-corrected chi connectivity index (χ2v) is 10.4. The number of benzene rings is 1. The Balaban J connectivity index is 1.19. The molecule has 1 aromatic carbocycles. The molecule has 3 fully saturated rings. The summed E-state index contributed by atoms with van der Waals surface area (Å²) in [5.74, 6) is 2.37. The third-order valence-corrected chi connectivity index (χ3v) is 8.01. The molecule has 3 aromatic rings. The Morgan fingerprint density at radius 2 is 2.06 bits per heavy atom. The Bertz CT molecular complexity index is 1210. The number of amides is 1. The van der Waals surface area contributed by atoms with Gasteiger partial charge >= 0.3 is 0 Å². The van der Waals surface area contributed by atoms with Crippen molar-refractivity contribution in [3.05, 3.63) is 47.4 Å². The summed E-state index contributed by atoms with van der Waals surface area (Å²) < 4.78 is 0. The number of carbonyl (C=O) groups excluding carboxylic acids is 1. The number of aromatic nitrogens is 3. The maximum atomic E-state index is 13.6. The average Bonchev–Trinajstić information content (AvgIpc) is 3.44. The van der Waals surface area contributed by atoms with Gasteiger partial charge in [-0.2, -0.15) is 0 Å². The fourth-order valence-corrected chi connectivity index (χ4v) is 6.04. The van der Waals surface area contributed by atoms with Crippen LogP contribution >= 0.6 is 11.6 Å². The number of fused-ring (bicyclic) bond motifs is 2. The van der Waals surface area contributed by atoms with Crippen molar-refractivity contribution in [1.29, 1.82) is 0 Å². The molecule has 0 spiro atoms. The molecule has 3 aliphatic rings. The normalized spacial score (nSPS) is 23.2. The summed E-state index contributed by atoms with van der Waals surface area (Å²) in [7, 11) is 0. The Morgan fingerprint density at radius 1 is 1.21 bits per heavy atom. The summed E-state index contributed by atoms with van der Waals surface area (Å²) in [6.45, 7) is 4.59. The number of anilines is 2. The van der Waals surface area contributed by atoms with Crippen LogP contribution in [0.2, 0.25) is 5.02 Å². The van der Waals surface area contributed by atoms with Crippen molar-refractivity contribution in [3.8, 4) is 0 Å². The van der Waals surface area contributed by atoms with Crippen LogP contribution < -0.4 is 10.2 Å². The molecule has 6 rings (SSSR count). The highest BCUT2D eigenvalue weighted by atomic mass is 35.5. The van der Waals surface area contributed by atoms with E-state index < -0.39 is 0 Å². The first-order valence-electron chi connectivity index (χ1n) is 12.5. The van der Waals surface area contributed by atoms with Gasteiger partial charge in [-0.15, -0.1) is 0 Å². The summed E-state index contributed by atoms with van der Waals surface area (Å²) in [5.41, 5.74) is 3.09. The lowest BCUT2D eigenvalue weighted by molar-refractivity contribution is -0.133. The van der Waals surface area contributed by atoms with Crippen molar-refractivity contribution in [1.82, 2.24) is 19.9 Å². The van der Waals surface area contributed by atoms with Gasteiger partial charge in [0.25, 0.3) is 0 Å². The van der Waals surface area contributed by atoms with E-state index >= 15 is 0 Å². The van der Waals surface area contributed by atoms with Crippen LogP contribution in [0.25, 0.3) is 11.0 Å². The van der Waals surface area contributed by atoms with Crippen molar-refractivity contribution in [2.45, 2.75) is 57.0 Å². The zero-order valence-corrected chi connectivity index (χ0v) is 20.3. The Kier molecular flexibility index (Phi) is 5.60. The number of hydrogen-bond donors (Lipinski definition) is 2. The number of halogens is 1. The summed E-state index contributed by atoms with van der Waals surface area (Å²) >= 11 is 6.39. The van der Waals surface area contributed by atoms with E-state index in [0.29, 0.717) is 11.8 Å². The lowest BCUT2D eigenvalue weighted by Crippen LogP contribution is -2.53. The van der Waals surface area contributed by atoms with Crippen LogP contribution in [0.4, 0.5) is 11.5 Å². The van der Waals surface area contributed by atoms with Crippen LogP contribution in [0.5, 0.6) is 0 Å². The SMILES string of the molecule is CCC(Nc1cc(Cl)cc(C2CC2)c1)C(=O)N1CCC2CCN(c3ncnc4[nH]ccc34)C2C1. The first-order chi connectivity index (χ1) is 16.6. The molecule has 34 heavy (non-hydrogen) atoms. The highest BCUT2D eigenvalue weighted by molar-refractivity contribution is 6.31. The van der Waals surface area contributed by atoms with E-state index in [0.717, 1.165) is 66.5 Å². The van der Waals surface area contributed by atoms with Crippen LogP contribution in [-0.4, -0.2) is 57.5 Å². The molecule has 1 aliphatic carbocycles. The Labute approximate surface area is 204 Å². The monoisotopic (exact) mass is 478 g/mol. The number of hydrogen-bond acceptors (Lipinski definition) is 5. The van der Waals surface area contributed by atoms with E-state index in [-0.39, 0.29) is 18.0 Å². The predicted molar refractivity (Wildman–Crippen MR) is 135 cm³/mol. The van der Waals surface area contributed by atoms with Gasteiger partial charge in [0.1, 0.15) is 23.8 Å². The lowest BCUT2D eigenvalue weighted by atomic mass is 9.91. The molecule has 3 unspecified atom stereocenters. The van der Waals surface area contributed by atoms with Crippen molar-refractivity contribution in [3.63, 3.8) is 0 Å². The van der Waals surface area contributed by atoms with E-state index in [1.807, 2.05) is 18.3 Å². The molecule has 4 heterocycles. The predicted octanol–water partition coefficient (Wildman–Crippen LogP) is 4.81. The number of aromatic amines is 1. The molecule has 2 aromatic heterocycles. The summed E-state index contributed by atoms with van der Waals surface area (Å²) in [6.07, 6.45) is 8.90. The third-order valence-electron chi connectivity index (χ3n) is 7.80. The van der Waals surface area contributed by atoms with Gasteiger partial charge in [0.2, 0.25) is 5.91 Å². The maximum Gasteiger partial charge on any atom is 0.245 e. The fourth-order valence-electron chi connectivity index (χ4n) is 5.80. The number of rotatable bonds is 6. The van der Waals surface area contributed by atoms with E-state index in [1.165, 1.54) is 18.4 Å². The molecular formula is C26H31ClN6O. The highest BCUT2D eigenvalue weighted by Gasteiger charge is 2.41. The first kappa shape index (κ1) is 21.7. The van der Waals surface area contributed by atoms with Crippen molar-refractivity contribution >= 4 is 40.0 Å². The molecule has 0 bridgehead atoms. The second kappa shape index (κ2) is 8.77. The smallest absolute Gasteiger partial charge is 0.245 e. The standard InChI is InChI=1S/C26H31ClN6O/c1-2-22(31-20-12-18(16-3-4-16)11-19(27)13-20)26(34)32-9-6-17-7-10-33(23(17)14-32)25-21-5-8-28-24(21)29-15-30-25/h5,8,11-13,15-17,22-23,31H,2-4,6-7,9-10,14H2,1H3,(H,28,29,30). The topological polar surface area (TPSA) is 77.2 Å². The van der Waals surface area contributed by atoms with Gasteiger partial charge in [0, 0.05) is 36.5 Å². The van der Waals surface area contributed by atoms with Gasteiger partial charge in [-0.05, 0) is 73.8 Å². The van der Waals surface area contributed by atoms with E-state index in [2.05, 4.69) is 49.1 Å². The summed E-state index contributed by atoms with van der Waals surface area (Å²) in [5, 5.41) is 5.28. The number of nitrogens with zero attached hydrogens (tertiary/aromatic N) is 4. The molecule has 178 valence electrons. The van der Waals surface area contributed by atoms with Gasteiger partial charge in [0.15, 0.2) is 0 Å². The molecule has 1 saturated carbocycles. The molecular weight excluding hydrogens is 448 g/mol. The molecule has 0 radical (unpaired) electrons. The Hall–Kier alpha value is -2.80. The molecule has 2 N–H and O–H groups in total. The van der Waals surface area contributed by atoms with Gasteiger partial charge < -0.3 is 20.1 Å².